The average molecular weight is 141 g/mol. The Bertz CT molecular complexity index is 21.3. The predicted molar refractivity (Wildman–Crippen MR) is 38.5 cm³/mol. The summed E-state index contributed by atoms with van der Waals surface area (Å²) in [7, 11) is 0. The molecule has 0 heterocycles. The van der Waals surface area contributed by atoms with Crippen LogP contribution in [0.3, 0.4) is 0 Å². The molecule has 9 heavy (non-hydrogen) atoms. The van der Waals surface area contributed by atoms with Gasteiger partial charge in [0.1, 0.15) is 0 Å². The number of rotatable bonds is 2. The Balaban J connectivity index is -0.0000000286. The summed E-state index contributed by atoms with van der Waals surface area (Å²) >= 11 is 0. The first-order valence-electron chi connectivity index (χ1n) is 2.28. The van der Waals surface area contributed by atoms with Crippen LogP contribution in [0.25, 0.3) is 0 Å². The molecule has 0 saturated carbocycles. The highest BCUT2D eigenvalue weighted by Crippen LogP contribution is 1.64. The summed E-state index contributed by atoms with van der Waals surface area (Å²) in [5.74, 6) is 2.00. The van der Waals surface area contributed by atoms with Crippen molar-refractivity contribution in [3.05, 3.63) is 5.21 Å². The van der Waals surface area contributed by atoms with E-state index in [2.05, 4.69) is 0 Å². The molecule has 0 aliphatic heterocycles. The lowest BCUT2D eigenvalue weighted by molar-refractivity contribution is -0.275. The number of quaternary nitrogens is 1. The van der Waals surface area contributed by atoms with Gasteiger partial charge in [-0.05, 0) is 13.8 Å². The van der Waals surface area contributed by atoms with Crippen molar-refractivity contribution < 1.29 is 10.6 Å². The predicted octanol–water partition coefficient (Wildman–Crippen LogP) is 0.0929. The van der Waals surface area contributed by atoms with E-state index in [-0.39, 0.29) is 12.3 Å². The minimum absolute atomic E-state index is 0. The van der Waals surface area contributed by atoms with Crippen LogP contribution >= 0.6 is 0 Å². The van der Waals surface area contributed by atoms with Crippen LogP contribution in [-0.4, -0.2) is 13.2 Å². The van der Waals surface area contributed by atoms with Crippen LogP contribution < -0.4 is 18.2 Å². The van der Waals surface area contributed by atoms with Crippen LogP contribution in [0.5, 0.6) is 0 Å². The van der Waals surface area contributed by atoms with Gasteiger partial charge in [-0.15, -0.1) is 0 Å². The maximum Gasteiger partial charge on any atom is 0.0437 e. The lowest BCUT2D eigenvalue weighted by atomic mass is 10.8. The van der Waals surface area contributed by atoms with Gasteiger partial charge in [0.2, 0.25) is 0 Å². The van der Waals surface area contributed by atoms with Crippen molar-refractivity contribution in [1.29, 1.82) is 0 Å². The van der Waals surface area contributed by atoms with E-state index < -0.39 is 0 Å². The molecular weight excluding hydrogens is 122 g/mol. The van der Waals surface area contributed by atoms with E-state index in [1.807, 2.05) is 19.7 Å². The summed E-state index contributed by atoms with van der Waals surface area (Å²) in [5, 5.41) is 8.00. The topological polar surface area (TPSA) is 130 Å². The molecule has 0 amide bonds. The summed E-state index contributed by atoms with van der Waals surface area (Å²) in [6, 6.07) is 0. The molecule has 5 nitrogen and oxygen atoms in total. The van der Waals surface area contributed by atoms with Gasteiger partial charge < -0.3 is 28.1 Å². The summed E-state index contributed by atoms with van der Waals surface area (Å²) in [5.41, 5.74) is 0. The third-order valence-corrected chi connectivity index (χ3v) is 0.408. The summed E-state index contributed by atoms with van der Waals surface area (Å²) in [6.45, 7) is 5.67. The zero-order valence-corrected chi connectivity index (χ0v) is 6.35. The Hall–Kier alpha value is -0.200. The van der Waals surface area contributed by atoms with Gasteiger partial charge in [0.05, 0.1) is 0 Å². The normalized spacial score (nSPS) is 5.33. The molecule has 0 aromatic carbocycles. The molecular formula is C4H19N3O2. The fourth-order valence-electron chi connectivity index (χ4n) is 0.204. The molecule has 9 N–H and O–H groups in total. The first kappa shape index (κ1) is 23.2. The van der Waals surface area contributed by atoms with Gasteiger partial charge in [0, 0.05) is 13.2 Å². The lowest BCUT2D eigenvalue weighted by Crippen LogP contribution is -2.37. The molecule has 0 aromatic rings. The summed E-state index contributed by atoms with van der Waals surface area (Å²) < 4.78 is 4.83. The van der Waals surface area contributed by atoms with E-state index in [0.29, 0.717) is 0 Å². The Morgan fingerprint density at radius 3 is 1.33 bits per heavy atom. The van der Waals surface area contributed by atoms with Crippen molar-refractivity contribution in [2.45, 2.75) is 13.8 Å². The Kier molecular flexibility index (Phi) is 119. The third kappa shape index (κ3) is 81.0. The first-order chi connectivity index (χ1) is 3.41. The Labute approximate surface area is 56.3 Å². The third-order valence-electron chi connectivity index (χ3n) is 0.408. The molecule has 5 heteroatoms. The largest absolute Gasteiger partial charge is 0.637 e. The zero-order chi connectivity index (χ0) is 6.12. The molecule has 0 aliphatic rings. The van der Waals surface area contributed by atoms with Crippen LogP contribution in [-0.2, 0) is 4.74 Å². The van der Waals surface area contributed by atoms with Gasteiger partial charge in [0.25, 0.3) is 0 Å². The monoisotopic (exact) mass is 141 g/mol. The minimum atomic E-state index is 0. The van der Waals surface area contributed by atoms with Gasteiger partial charge >= 0.3 is 0 Å². The highest BCUT2D eigenvalue weighted by Gasteiger charge is 1.64. The molecule has 0 saturated heterocycles. The standard InChI is InChI=1S/C4H10O.H3NO.2H3N/c1-3-5-4-2;1-2;;/h3-4H2,1-2H3;1H3;2*1H3. The first-order valence-corrected chi connectivity index (χ1v) is 2.28. The lowest BCUT2D eigenvalue weighted by Gasteiger charge is -1.86. The second kappa shape index (κ2) is 46.0. The van der Waals surface area contributed by atoms with E-state index in [1.165, 1.54) is 0 Å². The zero-order valence-electron chi connectivity index (χ0n) is 6.35. The van der Waals surface area contributed by atoms with Crippen molar-refractivity contribution in [1.82, 2.24) is 12.3 Å². The van der Waals surface area contributed by atoms with Crippen LogP contribution in [0.4, 0.5) is 0 Å². The fourth-order valence-corrected chi connectivity index (χ4v) is 0.204. The van der Waals surface area contributed by atoms with Crippen LogP contribution in [0, 0.1) is 5.21 Å². The summed E-state index contributed by atoms with van der Waals surface area (Å²) in [4.78, 5) is 0. The van der Waals surface area contributed by atoms with E-state index in [9.17, 15) is 0 Å². The smallest absolute Gasteiger partial charge is 0.0437 e. The number of ether oxygens (including phenoxy) is 1. The number of hydrogen-bond donors (Lipinski definition) is 3. The molecule has 0 rings (SSSR count). The van der Waals surface area contributed by atoms with Crippen LogP contribution in [0.1, 0.15) is 13.8 Å². The van der Waals surface area contributed by atoms with Gasteiger partial charge in [-0.3, -0.25) is 0 Å². The molecule has 0 atom stereocenters. The maximum atomic E-state index is 8.00. The van der Waals surface area contributed by atoms with Crippen molar-refractivity contribution in [2.75, 3.05) is 13.2 Å². The fraction of sp³-hybridized carbons (Fsp3) is 1.00. The molecule has 62 valence electrons. The average Bonchev–Trinajstić information content (AvgIpc) is 1.75. The minimum Gasteiger partial charge on any atom is -0.637 e. The highest BCUT2D eigenvalue weighted by molar-refractivity contribution is 4.07. The summed E-state index contributed by atoms with van der Waals surface area (Å²) in [6.07, 6.45) is 0. The molecule has 0 bridgehead atoms. The van der Waals surface area contributed by atoms with Gasteiger partial charge in [-0.2, -0.15) is 0 Å². The molecule has 0 fully saturated rings. The quantitative estimate of drug-likeness (QED) is 0.470. The van der Waals surface area contributed by atoms with Gasteiger partial charge in [-0.25, -0.2) is 0 Å². The van der Waals surface area contributed by atoms with Crippen LogP contribution in [0.15, 0.2) is 0 Å². The molecule has 0 spiro atoms. The number of hydrogen-bond acceptors (Lipinski definition) is 4. The Morgan fingerprint density at radius 2 is 1.33 bits per heavy atom. The maximum absolute atomic E-state index is 8.00. The van der Waals surface area contributed by atoms with Crippen molar-refractivity contribution >= 4 is 0 Å². The van der Waals surface area contributed by atoms with Crippen molar-refractivity contribution in [2.24, 2.45) is 0 Å². The highest BCUT2D eigenvalue weighted by atomic mass is 16.5. The van der Waals surface area contributed by atoms with E-state index in [0.717, 1.165) is 13.2 Å². The Morgan fingerprint density at radius 1 is 1.11 bits per heavy atom. The second-order valence-corrected chi connectivity index (χ2v) is 0.781. The van der Waals surface area contributed by atoms with E-state index >= 15 is 0 Å². The molecule has 0 aliphatic carbocycles. The van der Waals surface area contributed by atoms with E-state index in [4.69, 9.17) is 9.94 Å². The van der Waals surface area contributed by atoms with Gasteiger partial charge in [-0.1, -0.05) is 0 Å². The molecule has 0 aromatic heterocycles. The molecule has 0 radical (unpaired) electrons. The van der Waals surface area contributed by atoms with Crippen LogP contribution in [0.2, 0.25) is 0 Å². The van der Waals surface area contributed by atoms with Crippen molar-refractivity contribution in [3.8, 4) is 0 Å². The van der Waals surface area contributed by atoms with Gasteiger partial charge in [0.15, 0.2) is 0 Å². The second-order valence-electron chi connectivity index (χ2n) is 0.781. The molecule has 0 unspecified atom stereocenters. The van der Waals surface area contributed by atoms with Crippen molar-refractivity contribution in [3.63, 3.8) is 0 Å². The van der Waals surface area contributed by atoms with E-state index in [1.54, 1.807) is 0 Å². The SMILES string of the molecule is CCOCC.N.N.[NH3+][O-].